The molecule has 0 spiro atoms. The van der Waals surface area contributed by atoms with Crippen molar-refractivity contribution >= 4 is 5.91 Å². The molecule has 1 N–H and O–H groups in total. The van der Waals surface area contributed by atoms with Gasteiger partial charge in [0.05, 0.1) is 18.7 Å². The number of aromatic nitrogens is 2. The lowest BCUT2D eigenvalue weighted by Gasteiger charge is -2.20. The fourth-order valence-corrected chi connectivity index (χ4v) is 2.95. The van der Waals surface area contributed by atoms with E-state index in [0.29, 0.717) is 24.8 Å². The molecule has 2 aromatic rings. The van der Waals surface area contributed by atoms with Gasteiger partial charge in [0.25, 0.3) is 0 Å². The number of likely N-dealkylation sites (tertiary alicyclic amines) is 1. The molecule has 0 radical (unpaired) electrons. The average molecular weight is 330 g/mol. The molecule has 1 aromatic carbocycles. The molecule has 7 nitrogen and oxygen atoms in total. The first-order valence-corrected chi connectivity index (χ1v) is 8.03. The third kappa shape index (κ3) is 3.98. The third-order valence-corrected chi connectivity index (χ3v) is 4.21. The van der Waals surface area contributed by atoms with Crippen LogP contribution in [0.3, 0.4) is 0 Å². The average Bonchev–Trinajstić information content (AvgIpc) is 3.20. The van der Waals surface area contributed by atoms with E-state index in [4.69, 9.17) is 9.26 Å². The number of methoxy groups -OCH3 is 1. The van der Waals surface area contributed by atoms with Crippen molar-refractivity contribution in [3.05, 3.63) is 47.6 Å². The van der Waals surface area contributed by atoms with Crippen molar-refractivity contribution in [1.29, 1.82) is 0 Å². The Labute approximate surface area is 141 Å². The van der Waals surface area contributed by atoms with Crippen LogP contribution in [0.5, 0.6) is 0 Å². The summed E-state index contributed by atoms with van der Waals surface area (Å²) in [6, 6.07) is 9.76. The van der Waals surface area contributed by atoms with Gasteiger partial charge in [0.15, 0.2) is 5.82 Å². The molecule has 1 aliphatic rings. The molecule has 1 aliphatic heterocycles. The Bertz CT molecular complexity index is 673. The van der Waals surface area contributed by atoms with Crippen LogP contribution >= 0.6 is 0 Å². The molecule has 2 heterocycles. The van der Waals surface area contributed by atoms with Crippen molar-refractivity contribution in [2.24, 2.45) is 0 Å². The second-order valence-electron chi connectivity index (χ2n) is 5.98. The molecule has 0 saturated carbocycles. The number of carbonyl (C=O) groups excluding carboxylic acids is 1. The SMILES string of the molecule is CO[C@H]1C[C@H](c2nc(C)no2)N(CC(=O)NCc2ccccc2)C1. The molecule has 1 aromatic heterocycles. The van der Waals surface area contributed by atoms with Gasteiger partial charge in [-0.2, -0.15) is 4.98 Å². The van der Waals surface area contributed by atoms with Crippen molar-refractivity contribution in [3.8, 4) is 0 Å². The summed E-state index contributed by atoms with van der Waals surface area (Å²) in [6.45, 7) is 3.25. The number of nitrogens with one attached hydrogen (secondary N) is 1. The van der Waals surface area contributed by atoms with E-state index < -0.39 is 0 Å². The largest absolute Gasteiger partial charge is 0.380 e. The zero-order chi connectivity index (χ0) is 16.9. The smallest absolute Gasteiger partial charge is 0.244 e. The van der Waals surface area contributed by atoms with Crippen molar-refractivity contribution in [2.75, 3.05) is 20.2 Å². The predicted molar refractivity (Wildman–Crippen MR) is 87.1 cm³/mol. The standard InChI is InChI=1S/C17H22N4O3/c1-12-19-17(24-20-12)15-8-14(23-2)10-21(15)11-16(22)18-9-13-6-4-3-5-7-13/h3-7,14-15H,8-11H2,1-2H3,(H,18,22)/t14-,15+/m0/s1. The minimum atomic E-state index is -0.0846. The zero-order valence-electron chi connectivity index (χ0n) is 13.9. The van der Waals surface area contributed by atoms with Gasteiger partial charge in [-0.3, -0.25) is 9.69 Å². The minimum Gasteiger partial charge on any atom is -0.380 e. The van der Waals surface area contributed by atoms with E-state index in [-0.39, 0.29) is 24.6 Å². The van der Waals surface area contributed by atoms with Gasteiger partial charge in [0, 0.05) is 20.2 Å². The van der Waals surface area contributed by atoms with Crippen molar-refractivity contribution in [2.45, 2.75) is 32.0 Å². The van der Waals surface area contributed by atoms with Crippen LogP contribution in [0.4, 0.5) is 0 Å². The van der Waals surface area contributed by atoms with Gasteiger partial charge in [-0.1, -0.05) is 35.5 Å². The molecular weight excluding hydrogens is 308 g/mol. The number of hydrogen-bond donors (Lipinski definition) is 1. The molecule has 3 rings (SSSR count). The lowest BCUT2D eigenvalue weighted by atomic mass is 10.2. The van der Waals surface area contributed by atoms with Gasteiger partial charge >= 0.3 is 0 Å². The van der Waals surface area contributed by atoms with Gasteiger partial charge in [-0.05, 0) is 18.9 Å². The van der Waals surface area contributed by atoms with Crippen LogP contribution in [-0.2, 0) is 16.1 Å². The quantitative estimate of drug-likeness (QED) is 0.863. The van der Waals surface area contributed by atoms with Crippen molar-refractivity contribution in [3.63, 3.8) is 0 Å². The van der Waals surface area contributed by atoms with E-state index in [0.717, 1.165) is 12.0 Å². The number of benzene rings is 1. The van der Waals surface area contributed by atoms with Crippen LogP contribution in [0.2, 0.25) is 0 Å². The number of nitrogens with zero attached hydrogens (tertiary/aromatic N) is 3. The number of carbonyl (C=O) groups is 1. The number of amides is 1. The van der Waals surface area contributed by atoms with E-state index in [1.54, 1.807) is 14.0 Å². The number of rotatable bonds is 6. The Balaban J connectivity index is 1.60. The molecule has 128 valence electrons. The Morgan fingerprint density at radius 3 is 2.88 bits per heavy atom. The first kappa shape index (κ1) is 16.6. The molecular formula is C17H22N4O3. The summed E-state index contributed by atoms with van der Waals surface area (Å²) in [4.78, 5) is 18.6. The molecule has 0 bridgehead atoms. The normalized spacial score (nSPS) is 21.1. The molecule has 1 fully saturated rings. The van der Waals surface area contributed by atoms with Crippen LogP contribution in [0.25, 0.3) is 0 Å². The predicted octanol–water partition coefficient (Wildman–Crippen LogP) is 1.46. The number of ether oxygens (including phenoxy) is 1. The summed E-state index contributed by atoms with van der Waals surface area (Å²) in [5.74, 6) is 1.11. The van der Waals surface area contributed by atoms with Crippen molar-refractivity contribution < 1.29 is 14.1 Å². The Hall–Kier alpha value is -2.25. The maximum Gasteiger partial charge on any atom is 0.244 e. The molecule has 0 aliphatic carbocycles. The molecule has 24 heavy (non-hydrogen) atoms. The lowest BCUT2D eigenvalue weighted by molar-refractivity contribution is -0.122. The van der Waals surface area contributed by atoms with Crippen LogP contribution in [0.1, 0.15) is 29.7 Å². The van der Waals surface area contributed by atoms with E-state index in [1.165, 1.54) is 0 Å². The van der Waals surface area contributed by atoms with Gasteiger partial charge in [-0.15, -0.1) is 0 Å². The summed E-state index contributed by atoms with van der Waals surface area (Å²) >= 11 is 0. The molecule has 1 saturated heterocycles. The fraction of sp³-hybridized carbons (Fsp3) is 0.471. The highest BCUT2D eigenvalue weighted by Gasteiger charge is 2.37. The lowest BCUT2D eigenvalue weighted by Crippen LogP contribution is -2.37. The third-order valence-electron chi connectivity index (χ3n) is 4.21. The maximum atomic E-state index is 12.3. The minimum absolute atomic E-state index is 0.0307. The summed E-state index contributed by atoms with van der Waals surface area (Å²) in [6.07, 6.45) is 0.800. The second-order valence-corrected chi connectivity index (χ2v) is 5.98. The summed E-state index contributed by atoms with van der Waals surface area (Å²) in [5, 5.41) is 6.80. The van der Waals surface area contributed by atoms with E-state index in [2.05, 4.69) is 15.5 Å². The highest BCUT2D eigenvalue weighted by Crippen LogP contribution is 2.31. The van der Waals surface area contributed by atoms with Crippen LogP contribution in [0, 0.1) is 6.92 Å². The van der Waals surface area contributed by atoms with Gasteiger partial charge in [0.1, 0.15) is 0 Å². The van der Waals surface area contributed by atoms with Gasteiger partial charge in [0.2, 0.25) is 11.8 Å². The Morgan fingerprint density at radius 2 is 2.21 bits per heavy atom. The molecule has 0 unspecified atom stereocenters. The van der Waals surface area contributed by atoms with Gasteiger partial charge < -0.3 is 14.6 Å². The molecule has 7 heteroatoms. The second kappa shape index (κ2) is 7.55. The van der Waals surface area contributed by atoms with E-state index >= 15 is 0 Å². The highest BCUT2D eigenvalue weighted by atomic mass is 16.5. The van der Waals surface area contributed by atoms with Crippen LogP contribution < -0.4 is 5.32 Å². The number of aryl methyl sites for hydroxylation is 1. The number of hydrogen-bond acceptors (Lipinski definition) is 6. The van der Waals surface area contributed by atoms with Crippen LogP contribution in [-0.4, -0.2) is 47.3 Å². The summed E-state index contributed by atoms with van der Waals surface area (Å²) in [5.41, 5.74) is 1.08. The first-order chi connectivity index (χ1) is 11.7. The maximum absolute atomic E-state index is 12.3. The first-order valence-electron chi connectivity index (χ1n) is 8.03. The Kier molecular flexibility index (Phi) is 5.22. The van der Waals surface area contributed by atoms with E-state index in [9.17, 15) is 4.79 Å². The Morgan fingerprint density at radius 1 is 1.42 bits per heavy atom. The van der Waals surface area contributed by atoms with Crippen molar-refractivity contribution in [1.82, 2.24) is 20.4 Å². The molecule has 2 atom stereocenters. The van der Waals surface area contributed by atoms with Crippen LogP contribution in [0.15, 0.2) is 34.9 Å². The fourth-order valence-electron chi connectivity index (χ4n) is 2.95. The topological polar surface area (TPSA) is 80.5 Å². The zero-order valence-corrected chi connectivity index (χ0v) is 13.9. The monoisotopic (exact) mass is 330 g/mol. The molecule has 1 amide bonds. The summed E-state index contributed by atoms with van der Waals surface area (Å²) < 4.78 is 10.7. The van der Waals surface area contributed by atoms with E-state index in [1.807, 2.05) is 35.2 Å². The highest BCUT2D eigenvalue weighted by molar-refractivity contribution is 5.78. The van der Waals surface area contributed by atoms with Gasteiger partial charge in [-0.25, -0.2) is 0 Å². The summed E-state index contributed by atoms with van der Waals surface area (Å²) in [7, 11) is 1.68.